The fourth-order valence-electron chi connectivity index (χ4n) is 2.04. The number of hydrogen-bond acceptors (Lipinski definition) is 4. The van der Waals surface area contributed by atoms with Gasteiger partial charge in [-0.25, -0.2) is 5.84 Å². The molecule has 8 nitrogen and oxygen atoms in total. The Morgan fingerprint density at radius 2 is 1.83 bits per heavy atom. The molecule has 0 spiro atoms. The van der Waals surface area contributed by atoms with Crippen molar-refractivity contribution in [3.05, 3.63) is 40.9 Å². The van der Waals surface area contributed by atoms with Crippen LogP contribution in [0.2, 0.25) is 0 Å². The van der Waals surface area contributed by atoms with Crippen LogP contribution in [0, 0.1) is 5.92 Å². The molecule has 0 aliphatic rings. The normalized spacial score (nSPS) is 12.5. The largest absolute Gasteiger partial charge is 0.361 e. The number of ketones is 1. The second-order valence-electron chi connectivity index (χ2n) is 5.00. The van der Waals surface area contributed by atoms with E-state index >= 15 is 0 Å². The molecule has 1 unspecified atom stereocenters. The third kappa shape index (κ3) is 4.57. The number of nitrogen functional groups attached to an aromatic ring is 1. The number of hydrazine groups is 1. The lowest BCUT2D eigenvalue weighted by Crippen LogP contribution is -2.46. The van der Waals surface area contributed by atoms with Gasteiger partial charge in [0.2, 0.25) is 0 Å². The number of nitrogens with two attached hydrogens (primary N) is 1. The number of carbonyl (C=O) groups is 3. The standard InChI is InChI=1S/C15H19N5O3/c1-3-9(2)13(12(21)8-18-16)19-14(22)10-6-4-5-7-11(10)15(23)20-17/h4-9,13H,3,17H2,1-2H3,(H,19,22)(H,20,23)/t9?,13-/m1/s1. The third-order valence-corrected chi connectivity index (χ3v) is 3.54. The Morgan fingerprint density at radius 3 is 2.30 bits per heavy atom. The van der Waals surface area contributed by atoms with Gasteiger partial charge in [-0.05, 0) is 18.1 Å². The van der Waals surface area contributed by atoms with Crippen molar-refractivity contribution in [1.82, 2.24) is 10.7 Å². The topological polar surface area (TPSA) is 138 Å². The fraction of sp³-hybridized carbons (Fsp3) is 0.333. The second-order valence-corrected chi connectivity index (χ2v) is 5.00. The average molecular weight is 317 g/mol. The van der Waals surface area contributed by atoms with Gasteiger partial charge in [-0.15, -0.1) is 0 Å². The summed E-state index contributed by atoms with van der Waals surface area (Å²) >= 11 is 0. The molecule has 0 saturated carbocycles. The Bertz CT molecular complexity index is 652. The van der Waals surface area contributed by atoms with E-state index in [0.717, 1.165) is 6.21 Å². The number of carbonyl (C=O) groups excluding carboxylic acids is 3. The first kappa shape index (κ1) is 18.2. The summed E-state index contributed by atoms with van der Waals surface area (Å²) in [5.74, 6) is 3.19. The molecule has 1 rings (SSSR count). The minimum atomic E-state index is -0.864. The van der Waals surface area contributed by atoms with E-state index in [9.17, 15) is 14.4 Å². The summed E-state index contributed by atoms with van der Waals surface area (Å²) in [5, 5.41) is 2.58. The van der Waals surface area contributed by atoms with Gasteiger partial charge in [0.05, 0.1) is 11.1 Å². The molecule has 122 valence electrons. The predicted molar refractivity (Wildman–Crippen MR) is 83.5 cm³/mol. The van der Waals surface area contributed by atoms with Crippen LogP contribution in [0.3, 0.4) is 0 Å². The molecule has 0 aromatic heterocycles. The van der Waals surface area contributed by atoms with Gasteiger partial charge in [0.25, 0.3) is 17.6 Å². The van der Waals surface area contributed by atoms with E-state index in [0.29, 0.717) is 6.42 Å². The summed E-state index contributed by atoms with van der Waals surface area (Å²) in [5.41, 5.74) is 10.7. The summed E-state index contributed by atoms with van der Waals surface area (Å²) in [4.78, 5) is 38.8. The number of rotatable bonds is 7. The third-order valence-electron chi connectivity index (χ3n) is 3.54. The van der Waals surface area contributed by atoms with E-state index in [2.05, 4.69) is 10.1 Å². The molecule has 0 fully saturated rings. The SMILES string of the molecule is CCC(C)[C@@H](NC(=O)c1ccccc1C(=O)NN)C(=O)C=[N+]=[N-]. The van der Waals surface area contributed by atoms with Gasteiger partial charge < -0.3 is 10.8 Å². The van der Waals surface area contributed by atoms with Gasteiger partial charge in [0.1, 0.15) is 6.04 Å². The molecule has 2 amide bonds. The zero-order chi connectivity index (χ0) is 17.4. The van der Waals surface area contributed by atoms with Crippen molar-refractivity contribution >= 4 is 23.8 Å². The lowest BCUT2D eigenvalue weighted by molar-refractivity contribution is -0.118. The average Bonchev–Trinajstić information content (AvgIpc) is 2.58. The monoisotopic (exact) mass is 317 g/mol. The molecule has 2 atom stereocenters. The minimum absolute atomic E-state index is 0.0949. The summed E-state index contributed by atoms with van der Waals surface area (Å²) in [7, 11) is 0. The second kappa shape index (κ2) is 8.57. The molecular formula is C15H19N5O3. The zero-order valence-corrected chi connectivity index (χ0v) is 12.9. The lowest BCUT2D eigenvalue weighted by Gasteiger charge is -2.21. The molecule has 0 aliphatic heterocycles. The van der Waals surface area contributed by atoms with Crippen LogP contribution in [-0.4, -0.2) is 34.6 Å². The maximum Gasteiger partial charge on any atom is 0.325 e. The van der Waals surface area contributed by atoms with E-state index in [1.165, 1.54) is 12.1 Å². The highest BCUT2D eigenvalue weighted by Gasteiger charge is 2.28. The van der Waals surface area contributed by atoms with E-state index in [4.69, 9.17) is 11.4 Å². The Balaban J connectivity index is 3.11. The minimum Gasteiger partial charge on any atom is -0.361 e. The molecule has 23 heavy (non-hydrogen) atoms. The Morgan fingerprint density at radius 1 is 1.26 bits per heavy atom. The predicted octanol–water partition coefficient (Wildman–Crippen LogP) is 0.304. The quantitative estimate of drug-likeness (QED) is 0.166. The number of nitrogens with one attached hydrogen (secondary N) is 2. The molecular weight excluding hydrogens is 298 g/mol. The van der Waals surface area contributed by atoms with Gasteiger partial charge in [0, 0.05) is 0 Å². The Labute approximate surface area is 133 Å². The van der Waals surface area contributed by atoms with Crippen molar-refractivity contribution in [2.75, 3.05) is 0 Å². The van der Waals surface area contributed by atoms with Crippen molar-refractivity contribution in [3.63, 3.8) is 0 Å². The zero-order valence-electron chi connectivity index (χ0n) is 12.9. The summed E-state index contributed by atoms with van der Waals surface area (Å²) in [6.45, 7) is 3.65. The maximum atomic E-state index is 12.4. The molecule has 1 aromatic rings. The smallest absolute Gasteiger partial charge is 0.325 e. The van der Waals surface area contributed by atoms with E-state index in [1.54, 1.807) is 19.1 Å². The first-order valence-electron chi connectivity index (χ1n) is 7.08. The van der Waals surface area contributed by atoms with Crippen LogP contribution in [-0.2, 0) is 4.79 Å². The van der Waals surface area contributed by atoms with Crippen molar-refractivity contribution in [2.24, 2.45) is 11.8 Å². The molecule has 0 bridgehead atoms. The molecule has 4 N–H and O–H groups in total. The van der Waals surface area contributed by atoms with E-state index < -0.39 is 23.6 Å². The lowest BCUT2D eigenvalue weighted by atomic mass is 9.95. The first-order chi connectivity index (χ1) is 11.0. The molecule has 0 aliphatic carbocycles. The highest BCUT2D eigenvalue weighted by molar-refractivity contribution is 6.28. The van der Waals surface area contributed by atoms with Crippen molar-refractivity contribution < 1.29 is 19.2 Å². The first-order valence-corrected chi connectivity index (χ1v) is 7.08. The van der Waals surface area contributed by atoms with Crippen molar-refractivity contribution in [1.29, 1.82) is 0 Å². The van der Waals surface area contributed by atoms with Crippen LogP contribution in [0.25, 0.3) is 5.53 Å². The van der Waals surface area contributed by atoms with Crippen LogP contribution < -0.4 is 16.6 Å². The van der Waals surface area contributed by atoms with Gasteiger partial charge in [-0.2, -0.15) is 4.79 Å². The number of nitrogens with zero attached hydrogens (tertiary/aromatic N) is 2. The van der Waals surface area contributed by atoms with Crippen molar-refractivity contribution in [3.8, 4) is 0 Å². The summed E-state index contributed by atoms with van der Waals surface area (Å²) in [6, 6.07) is 5.23. The van der Waals surface area contributed by atoms with Crippen LogP contribution in [0.15, 0.2) is 24.3 Å². The number of hydrogen-bond donors (Lipinski definition) is 3. The molecule has 8 heteroatoms. The van der Waals surface area contributed by atoms with Gasteiger partial charge in [0.15, 0.2) is 0 Å². The molecule has 0 saturated heterocycles. The van der Waals surface area contributed by atoms with Gasteiger partial charge in [-0.1, -0.05) is 32.4 Å². The molecule has 1 aromatic carbocycles. The van der Waals surface area contributed by atoms with Gasteiger partial charge >= 0.3 is 6.21 Å². The number of Topliss-reactive ketones (excluding diaryl/α,β-unsaturated/α-hetero) is 1. The highest BCUT2D eigenvalue weighted by atomic mass is 16.2. The van der Waals surface area contributed by atoms with Crippen LogP contribution in [0.5, 0.6) is 0 Å². The number of benzene rings is 1. The summed E-state index contributed by atoms with van der Waals surface area (Å²) in [6.07, 6.45) is 1.37. The highest BCUT2D eigenvalue weighted by Crippen LogP contribution is 2.12. The van der Waals surface area contributed by atoms with Gasteiger partial charge in [-0.3, -0.25) is 19.8 Å². The molecule has 0 heterocycles. The van der Waals surface area contributed by atoms with E-state index in [1.807, 2.05) is 12.3 Å². The van der Waals surface area contributed by atoms with E-state index in [-0.39, 0.29) is 17.0 Å². The van der Waals surface area contributed by atoms with Crippen LogP contribution in [0.1, 0.15) is 41.0 Å². The molecule has 0 radical (unpaired) electrons. The Kier molecular flexibility index (Phi) is 6.79. The van der Waals surface area contributed by atoms with Crippen LogP contribution >= 0.6 is 0 Å². The maximum absolute atomic E-state index is 12.4. The Hall–Kier alpha value is -2.83. The van der Waals surface area contributed by atoms with Crippen molar-refractivity contribution in [2.45, 2.75) is 26.3 Å². The fourth-order valence-corrected chi connectivity index (χ4v) is 2.04. The van der Waals surface area contributed by atoms with Crippen LogP contribution in [0.4, 0.5) is 0 Å². The number of amides is 2. The summed E-state index contributed by atoms with van der Waals surface area (Å²) < 4.78 is 0.